The van der Waals surface area contributed by atoms with Crippen LogP contribution in [-0.4, -0.2) is 7.11 Å². The number of hydrazine groups is 1. The normalized spacial score (nSPS) is 18.7. The molecule has 0 radical (unpaired) electrons. The van der Waals surface area contributed by atoms with Gasteiger partial charge in [0.2, 0.25) is 0 Å². The number of nitrogens with one attached hydrogen (secondary N) is 1. The van der Waals surface area contributed by atoms with E-state index in [2.05, 4.69) is 120 Å². The Hall–Kier alpha value is -4.08. The number of hydrogen-bond acceptors (Lipinski definition) is 3. The van der Waals surface area contributed by atoms with Crippen LogP contribution in [0.2, 0.25) is 0 Å². The number of hydrogen-bond donors (Lipinski definition) is 1. The summed E-state index contributed by atoms with van der Waals surface area (Å²) < 4.78 is 5.36. The van der Waals surface area contributed by atoms with Crippen molar-refractivity contribution in [2.75, 3.05) is 12.1 Å². The first-order chi connectivity index (χ1) is 17.3. The fourth-order valence-electron chi connectivity index (χ4n) is 5.19. The molecule has 1 aliphatic heterocycles. The molecule has 0 bridgehead atoms. The van der Waals surface area contributed by atoms with Crippen LogP contribution in [-0.2, 0) is 0 Å². The lowest BCUT2D eigenvalue weighted by Crippen LogP contribution is -2.33. The Bertz CT molecular complexity index is 1370. The zero-order valence-electron chi connectivity index (χ0n) is 19.8. The largest absolute Gasteiger partial charge is 0.497 e. The molecule has 0 saturated carbocycles. The summed E-state index contributed by atoms with van der Waals surface area (Å²) in [4.78, 5) is 0. The van der Waals surface area contributed by atoms with Crippen LogP contribution in [0.25, 0.3) is 5.57 Å². The molecule has 2 aliphatic rings. The highest BCUT2D eigenvalue weighted by Gasteiger charge is 2.30. The average Bonchev–Trinajstić information content (AvgIpc) is 3.52. The van der Waals surface area contributed by atoms with Gasteiger partial charge in [0, 0.05) is 11.6 Å². The number of para-hydroxylation sites is 1. The van der Waals surface area contributed by atoms with Gasteiger partial charge in [-0.25, -0.2) is 5.43 Å². The molecule has 0 aromatic heterocycles. The molecule has 1 heterocycles. The molecule has 0 amide bonds. The predicted octanol–water partition coefficient (Wildman–Crippen LogP) is 7.26. The van der Waals surface area contributed by atoms with E-state index < -0.39 is 0 Å². The smallest absolute Gasteiger partial charge is 0.118 e. The van der Waals surface area contributed by atoms with Crippen molar-refractivity contribution in [2.24, 2.45) is 0 Å². The Morgan fingerprint density at radius 1 is 0.743 bits per heavy atom. The lowest BCUT2D eigenvalue weighted by Gasteiger charge is -2.26. The van der Waals surface area contributed by atoms with E-state index in [0.29, 0.717) is 5.92 Å². The van der Waals surface area contributed by atoms with E-state index in [1.807, 2.05) is 12.1 Å². The molecular weight excluding hydrogens is 428 g/mol. The van der Waals surface area contributed by atoms with Crippen LogP contribution in [0.4, 0.5) is 5.69 Å². The molecule has 35 heavy (non-hydrogen) atoms. The number of rotatable bonds is 6. The second-order valence-corrected chi connectivity index (χ2v) is 9.05. The van der Waals surface area contributed by atoms with Gasteiger partial charge in [0.25, 0.3) is 0 Å². The molecule has 3 heteroatoms. The summed E-state index contributed by atoms with van der Waals surface area (Å²) in [6.07, 6.45) is 5.73. The fraction of sp³-hybridized carbons (Fsp3) is 0.125. The average molecular weight is 457 g/mol. The SMILES string of the molecule is COc1ccc(C2C=C(CC3C=C(c4ccccc4)c4ccccc43)N(c3ccccc3)N2)cc1. The maximum atomic E-state index is 5.36. The quantitative estimate of drug-likeness (QED) is 0.330. The highest BCUT2D eigenvalue weighted by Crippen LogP contribution is 2.44. The summed E-state index contributed by atoms with van der Waals surface area (Å²) in [7, 11) is 1.70. The molecule has 2 atom stereocenters. The minimum absolute atomic E-state index is 0.102. The molecule has 3 nitrogen and oxygen atoms in total. The third-order valence-electron chi connectivity index (χ3n) is 6.94. The zero-order chi connectivity index (χ0) is 23.6. The van der Waals surface area contributed by atoms with Crippen LogP contribution >= 0.6 is 0 Å². The third-order valence-corrected chi connectivity index (χ3v) is 6.94. The van der Waals surface area contributed by atoms with E-state index in [4.69, 9.17) is 4.74 Å². The van der Waals surface area contributed by atoms with Gasteiger partial charge in [0.15, 0.2) is 0 Å². The lowest BCUT2D eigenvalue weighted by molar-refractivity contribution is 0.414. The molecule has 6 rings (SSSR count). The zero-order valence-corrected chi connectivity index (χ0v) is 19.8. The van der Waals surface area contributed by atoms with Gasteiger partial charge in [0.05, 0.1) is 18.8 Å². The minimum Gasteiger partial charge on any atom is -0.497 e. The summed E-state index contributed by atoms with van der Waals surface area (Å²) in [6.45, 7) is 0. The van der Waals surface area contributed by atoms with E-state index in [9.17, 15) is 0 Å². The first-order valence-electron chi connectivity index (χ1n) is 12.1. The van der Waals surface area contributed by atoms with Crippen LogP contribution in [0, 0.1) is 0 Å². The van der Waals surface area contributed by atoms with Gasteiger partial charge in [-0.15, -0.1) is 0 Å². The number of fused-ring (bicyclic) bond motifs is 1. The van der Waals surface area contributed by atoms with Crippen LogP contribution in [0.3, 0.4) is 0 Å². The Kier molecular flexibility index (Phi) is 5.69. The fourth-order valence-corrected chi connectivity index (χ4v) is 5.19. The first-order valence-corrected chi connectivity index (χ1v) is 12.1. The van der Waals surface area contributed by atoms with E-state index >= 15 is 0 Å². The minimum atomic E-state index is 0.102. The van der Waals surface area contributed by atoms with Gasteiger partial charge < -0.3 is 4.74 Å². The van der Waals surface area contributed by atoms with Crippen LogP contribution in [0.15, 0.2) is 127 Å². The van der Waals surface area contributed by atoms with Crippen molar-refractivity contribution >= 4 is 11.3 Å². The van der Waals surface area contributed by atoms with Gasteiger partial charge in [-0.1, -0.05) is 91.0 Å². The summed E-state index contributed by atoms with van der Waals surface area (Å²) in [5.41, 5.74) is 12.7. The number of benzene rings is 4. The lowest BCUT2D eigenvalue weighted by atomic mass is 9.94. The van der Waals surface area contributed by atoms with Gasteiger partial charge in [-0.3, -0.25) is 5.01 Å². The highest BCUT2D eigenvalue weighted by atomic mass is 16.5. The molecule has 1 aliphatic carbocycles. The van der Waals surface area contributed by atoms with E-state index in [1.165, 1.54) is 33.5 Å². The summed E-state index contributed by atoms with van der Waals surface area (Å²) >= 11 is 0. The molecule has 4 aromatic carbocycles. The summed E-state index contributed by atoms with van der Waals surface area (Å²) in [5, 5.41) is 2.26. The highest BCUT2D eigenvalue weighted by molar-refractivity contribution is 5.86. The van der Waals surface area contributed by atoms with Gasteiger partial charge in [-0.2, -0.15) is 0 Å². The van der Waals surface area contributed by atoms with Gasteiger partial charge >= 0.3 is 0 Å². The number of ether oxygens (including phenoxy) is 1. The second-order valence-electron chi connectivity index (χ2n) is 9.05. The van der Waals surface area contributed by atoms with Crippen molar-refractivity contribution in [3.05, 3.63) is 149 Å². The summed E-state index contributed by atoms with van der Waals surface area (Å²) in [6, 6.07) is 38.5. The topological polar surface area (TPSA) is 24.5 Å². The molecule has 172 valence electrons. The van der Waals surface area contributed by atoms with Crippen LogP contribution in [0.1, 0.15) is 40.6 Å². The standard InChI is InChI=1S/C32H28N2O/c1-35-28-18-16-24(17-19-28)32-22-27(34(33-32)26-12-6-3-7-13-26)20-25-21-31(23-10-4-2-5-11-23)30-15-9-8-14-29(25)30/h2-19,21-22,25,32-33H,20H2,1H3. The monoisotopic (exact) mass is 456 g/mol. The number of allylic oxidation sites excluding steroid dienone is 2. The van der Waals surface area contributed by atoms with Crippen LogP contribution in [0.5, 0.6) is 5.75 Å². The Labute approximate surface area is 207 Å². The molecule has 1 N–H and O–H groups in total. The van der Waals surface area contributed by atoms with Crippen molar-refractivity contribution < 1.29 is 4.74 Å². The third kappa shape index (κ3) is 4.16. The Morgan fingerprint density at radius 2 is 1.43 bits per heavy atom. The van der Waals surface area contributed by atoms with Crippen LogP contribution < -0.4 is 15.2 Å². The maximum absolute atomic E-state index is 5.36. The van der Waals surface area contributed by atoms with Crippen molar-refractivity contribution in [3.8, 4) is 5.75 Å². The van der Waals surface area contributed by atoms with Crippen molar-refractivity contribution in [1.29, 1.82) is 0 Å². The van der Waals surface area contributed by atoms with Crippen molar-refractivity contribution in [3.63, 3.8) is 0 Å². The van der Waals surface area contributed by atoms with Crippen molar-refractivity contribution in [2.45, 2.75) is 18.4 Å². The second kappa shape index (κ2) is 9.28. The maximum Gasteiger partial charge on any atom is 0.118 e. The number of anilines is 1. The Balaban J connectivity index is 1.36. The molecule has 2 unspecified atom stereocenters. The first kappa shape index (κ1) is 21.5. The van der Waals surface area contributed by atoms with E-state index in [1.54, 1.807) is 7.11 Å². The van der Waals surface area contributed by atoms with E-state index in [0.717, 1.165) is 17.9 Å². The number of methoxy groups -OCH3 is 1. The molecular formula is C32H28N2O. The predicted molar refractivity (Wildman–Crippen MR) is 143 cm³/mol. The number of nitrogens with zero attached hydrogens (tertiary/aromatic N) is 1. The molecule has 0 saturated heterocycles. The van der Waals surface area contributed by atoms with Crippen molar-refractivity contribution in [1.82, 2.24) is 5.43 Å². The molecule has 0 fully saturated rings. The van der Waals surface area contributed by atoms with E-state index in [-0.39, 0.29) is 6.04 Å². The van der Waals surface area contributed by atoms with Gasteiger partial charge in [-0.05, 0) is 64.6 Å². The molecule has 4 aromatic rings. The Morgan fingerprint density at radius 3 is 2.17 bits per heavy atom. The van der Waals surface area contributed by atoms with Gasteiger partial charge in [0.1, 0.15) is 5.75 Å². The summed E-state index contributed by atoms with van der Waals surface area (Å²) in [5.74, 6) is 1.19. The molecule has 0 spiro atoms.